The topological polar surface area (TPSA) is 75.6 Å². The molecule has 0 bridgehead atoms. The number of phenolic OH excluding ortho intramolecular Hbond substituents is 1. The number of hydrogen-bond donors (Lipinski definition) is 2. The fourth-order valence-corrected chi connectivity index (χ4v) is 4.60. The Bertz CT molecular complexity index is 1080. The fourth-order valence-electron chi connectivity index (χ4n) is 4.60. The number of esters is 1. The predicted molar refractivity (Wildman–Crippen MR) is 123 cm³/mol. The minimum atomic E-state index is -0.521. The molecule has 0 amide bonds. The first-order chi connectivity index (χ1) is 15.4. The van der Waals surface area contributed by atoms with Crippen LogP contribution in [0.5, 0.6) is 5.75 Å². The standard InChI is InChI=1S/C27H29NO4/c1-4-16(2)32-27(31)24-17(3)28-22-14-20(18-8-6-5-7-9-18)15-23(30)26(22)25(24)19-10-12-21(29)13-11-19/h5-13,16,20,25,28-29H,4,14-15H2,1-3H3/t16-,20-,25+/m0/s1. The van der Waals surface area contributed by atoms with Gasteiger partial charge in [0, 0.05) is 29.3 Å². The van der Waals surface area contributed by atoms with Gasteiger partial charge >= 0.3 is 5.97 Å². The van der Waals surface area contributed by atoms with Crippen LogP contribution in [0.2, 0.25) is 0 Å². The van der Waals surface area contributed by atoms with Crippen molar-refractivity contribution in [3.63, 3.8) is 0 Å². The highest BCUT2D eigenvalue weighted by molar-refractivity contribution is 6.04. The van der Waals surface area contributed by atoms with Crippen LogP contribution in [-0.4, -0.2) is 23.0 Å². The van der Waals surface area contributed by atoms with Crippen LogP contribution in [0, 0.1) is 0 Å². The van der Waals surface area contributed by atoms with Crippen molar-refractivity contribution >= 4 is 11.8 Å². The first-order valence-corrected chi connectivity index (χ1v) is 11.2. The number of ether oxygens (including phenoxy) is 1. The van der Waals surface area contributed by atoms with E-state index in [1.165, 1.54) is 0 Å². The Labute approximate surface area is 188 Å². The number of aromatic hydroxyl groups is 1. The molecule has 2 N–H and O–H groups in total. The molecule has 2 aromatic rings. The highest BCUT2D eigenvalue weighted by atomic mass is 16.5. The summed E-state index contributed by atoms with van der Waals surface area (Å²) in [5.41, 5.74) is 4.59. The van der Waals surface area contributed by atoms with Crippen LogP contribution in [0.15, 0.2) is 77.1 Å². The van der Waals surface area contributed by atoms with Crippen LogP contribution in [0.1, 0.15) is 63.0 Å². The largest absolute Gasteiger partial charge is 0.508 e. The van der Waals surface area contributed by atoms with E-state index in [0.29, 0.717) is 36.1 Å². The number of hydrogen-bond acceptors (Lipinski definition) is 5. The molecule has 2 aromatic carbocycles. The van der Waals surface area contributed by atoms with Crippen LogP contribution in [0.25, 0.3) is 0 Å². The number of allylic oxidation sites excluding steroid dienone is 3. The van der Waals surface area contributed by atoms with Crippen molar-refractivity contribution in [1.29, 1.82) is 0 Å². The summed E-state index contributed by atoms with van der Waals surface area (Å²) in [6.07, 6.45) is 1.58. The van der Waals surface area contributed by atoms with Gasteiger partial charge in [-0.1, -0.05) is 49.4 Å². The molecule has 0 aromatic heterocycles. The molecule has 0 spiro atoms. The van der Waals surface area contributed by atoms with Gasteiger partial charge in [0.25, 0.3) is 0 Å². The summed E-state index contributed by atoms with van der Waals surface area (Å²) in [6.45, 7) is 5.69. The molecule has 5 heteroatoms. The molecule has 166 valence electrons. The zero-order valence-corrected chi connectivity index (χ0v) is 18.7. The van der Waals surface area contributed by atoms with Crippen molar-refractivity contribution in [2.24, 2.45) is 0 Å². The smallest absolute Gasteiger partial charge is 0.337 e. The van der Waals surface area contributed by atoms with Gasteiger partial charge in [0.2, 0.25) is 0 Å². The summed E-state index contributed by atoms with van der Waals surface area (Å²) in [5.74, 6) is -0.663. The van der Waals surface area contributed by atoms with Gasteiger partial charge < -0.3 is 15.2 Å². The minimum absolute atomic E-state index is 0.0343. The highest BCUT2D eigenvalue weighted by Gasteiger charge is 2.41. The van der Waals surface area contributed by atoms with E-state index in [1.54, 1.807) is 24.3 Å². The number of benzene rings is 2. The zero-order valence-electron chi connectivity index (χ0n) is 18.7. The van der Waals surface area contributed by atoms with E-state index in [0.717, 1.165) is 16.8 Å². The second-order valence-corrected chi connectivity index (χ2v) is 8.64. The Balaban J connectivity index is 1.78. The molecule has 2 aliphatic rings. The van der Waals surface area contributed by atoms with E-state index in [9.17, 15) is 14.7 Å². The highest BCUT2D eigenvalue weighted by Crippen LogP contribution is 2.45. The summed E-state index contributed by atoms with van der Waals surface area (Å²) in [5, 5.41) is 13.2. The van der Waals surface area contributed by atoms with E-state index in [1.807, 2.05) is 39.0 Å². The Morgan fingerprint density at radius 3 is 2.44 bits per heavy atom. The van der Waals surface area contributed by atoms with Gasteiger partial charge in [-0.2, -0.15) is 0 Å². The van der Waals surface area contributed by atoms with E-state index < -0.39 is 11.9 Å². The second-order valence-electron chi connectivity index (χ2n) is 8.64. The van der Waals surface area contributed by atoms with Crippen molar-refractivity contribution in [3.8, 4) is 5.75 Å². The number of phenols is 1. The maximum absolute atomic E-state index is 13.5. The van der Waals surface area contributed by atoms with Crippen molar-refractivity contribution in [2.45, 2.75) is 58.0 Å². The molecule has 4 rings (SSSR count). The molecule has 0 saturated carbocycles. The quantitative estimate of drug-likeness (QED) is 0.645. The summed E-state index contributed by atoms with van der Waals surface area (Å²) in [6, 6.07) is 16.8. The molecular weight excluding hydrogens is 402 g/mol. The first kappa shape index (κ1) is 21.9. The van der Waals surface area contributed by atoms with Crippen LogP contribution >= 0.6 is 0 Å². The van der Waals surface area contributed by atoms with Gasteiger partial charge in [0.15, 0.2) is 5.78 Å². The monoisotopic (exact) mass is 431 g/mol. The van der Waals surface area contributed by atoms with E-state index in [2.05, 4.69) is 17.4 Å². The fraction of sp³-hybridized carbons (Fsp3) is 0.333. The lowest BCUT2D eigenvalue weighted by Gasteiger charge is -2.37. The molecule has 0 unspecified atom stereocenters. The number of carbonyl (C=O) groups excluding carboxylic acids is 2. The van der Waals surface area contributed by atoms with Crippen molar-refractivity contribution in [1.82, 2.24) is 5.32 Å². The molecular formula is C27H29NO4. The number of nitrogens with one attached hydrogen (secondary N) is 1. The average molecular weight is 432 g/mol. The molecule has 5 nitrogen and oxygen atoms in total. The van der Waals surface area contributed by atoms with Gasteiger partial charge in [-0.3, -0.25) is 4.79 Å². The number of rotatable bonds is 5. The van der Waals surface area contributed by atoms with Gasteiger partial charge in [0.05, 0.1) is 11.7 Å². The van der Waals surface area contributed by atoms with Gasteiger partial charge in [-0.05, 0) is 55.9 Å². The maximum atomic E-state index is 13.5. The Kier molecular flexibility index (Phi) is 6.17. The third kappa shape index (κ3) is 4.20. The van der Waals surface area contributed by atoms with E-state index in [-0.39, 0.29) is 23.6 Å². The lowest BCUT2D eigenvalue weighted by molar-refractivity contribution is -0.144. The SMILES string of the molecule is CC[C@H](C)OC(=O)C1=C(C)NC2=C(C(=O)C[C@@H](c3ccccc3)C2)[C@@H]1c1ccc(O)cc1. The van der Waals surface area contributed by atoms with Gasteiger partial charge in [0.1, 0.15) is 5.75 Å². The average Bonchev–Trinajstić information content (AvgIpc) is 2.79. The Hall–Kier alpha value is -3.34. The van der Waals surface area contributed by atoms with Crippen molar-refractivity contribution in [3.05, 3.63) is 88.3 Å². The third-order valence-corrected chi connectivity index (χ3v) is 6.43. The van der Waals surface area contributed by atoms with Crippen LogP contribution in [0.4, 0.5) is 0 Å². The predicted octanol–water partition coefficient (Wildman–Crippen LogP) is 5.10. The lowest BCUT2D eigenvalue weighted by atomic mass is 9.71. The van der Waals surface area contributed by atoms with Gasteiger partial charge in [-0.25, -0.2) is 4.79 Å². The molecule has 32 heavy (non-hydrogen) atoms. The Morgan fingerprint density at radius 2 is 1.78 bits per heavy atom. The van der Waals surface area contributed by atoms with E-state index in [4.69, 9.17) is 4.74 Å². The van der Waals surface area contributed by atoms with Crippen LogP contribution in [-0.2, 0) is 14.3 Å². The number of carbonyl (C=O) groups is 2. The molecule has 0 saturated heterocycles. The summed E-state index contributed by atoms with van der Waals surface area (Å²) < 4.78 is 5.67. The lowest BCUT2D eigenvalue weighted by Crippen LogP contribution is -2.36. The molecule has 0 fully saturated rings. The number of dihydropyridines is 1. The second kappa shape index (κ2) is 9.03. The number of ketones is 1. The number of Topliss-reactive ketones (excluding diaryl/α,β-unsaturated/α-hetero) is 1. The van der Waals surface area contributed by atoms with Crippen molar-refractivity contribution in [2.75, 3.05) is 0 Å². The zero-order chi connectivity index (χ0) is 22.8. The molecule has 1 aliphatic heterocycles. The van der Waals surface area contributed by atoms with Crippen molar-refractivity contribution < 1.29 is 19.4 Å². The molecule has 0 radical (unpaired) electrons. The third-order valence-electron chi connectivity index (χ3n) is 6.43. The normalized spacial score (nSPS) is 21.7. The molecule has 3 atom stereocenters. The van der Waals surface area contributed by atoms with E-state index >= 15 is 0 Å². The summed E-state index contributed by atoms with van der Waals surface area (Å²) >= 11 is 0. The molecule has 1 aliphatic carbocycles. The summed E-state index contributed by atoms with van der Waals surface area (Å²) in [7, 11) is 0. The summed E-state index contributed by atoms with van der Waals surface area (Å²) in [4.78, 5) is 26.7. The Morgan fingerprint density at radius 1 is 1.09 bits per heavy atom. The van der Waals surface area contributed by atoms with Crippen LogP contribution < -0.4 is 5.32 Å². The van der Waals surface area contributed by atoms with Crippen LogP contribution in [0.3, 0.4) is 0 Å². The molecule has 1 heterocycles. The minimum Gasteiger partial charge on any atom is -0.508 e. The maximum Gasteiger partial charge on any atom is 0.337 e. The first-order valence-electron chi connectivity index (χ1n) is 11.2. The van der Waals surface area contributed by atoms with Gasteiger partial charge in [-0.15, -0.1) is 0 Å².